The van der Waals surface area contributed by atoms with Crippen molar-refractivity contribution >= 4 is 45.1 Å². The summed E-state index contributed by atoms with van der Waals surface area (Å²) in [5.74, 6) is 0. The van der Waals surface area contributed by atoms with Crippen LogP contribution in [0.15, 0.2) is 64.8 Å². The second-order valence-corrected chi connectivity index (χ2v) is 5.83. The summed E-state index contributed by atoms with van der Waals surface area (Å²) in [6.45, 7) is 0.484. The molecule has 0 bridgehead atoms. The monoisotopic (exact) mass is 370 g/mol. The van der Waals surface area contributed by atoms with Gasteiger partial charge in [-0.15, -0.1) is 10.2 Å². The quantitative estimate of drug-likeness (QED) is 0.353. The molecule has 3 aromatic carbocycles. The standard InChI is InChI=1S/C18H15ClN4O3/c19-15-11-12(23(25)26)5-6-18(15)22-21-17-8-7-16(20-9-10-24)13-3-1-2-4-14(13)17/h1-8,11,20,24H,9-10H2. The number of non-ortho nitro benzene ring substituents is 1. The van der Waals surface area contributed by atoms with Crippen LogP contribution >= 0.6 is 11.6 Å². The molecule has 0 aromatic heterocycles. The van der Waals surface area contributed by atoms with E-state index in [-0.39, 0.29) is 17.3 Å². The Bertz CT molecular complexity index is 991. The molecule has 0 aliphatic carbocycles. The van der Waals surface area contributed by atoms with Crippen LogP contribution < -0.4 is 5.32 Å². The van der Waals surface area contributed by atoms with Crippen LogP contribution in [0.2, 0.25) is 5.02 Å². The van der Waals surface area contributed by atoms with Crippen LogP contribution in [0.1, 0.15) is 0 Å². The average molecular weight is 371 g/mol. The second kappa shape index (κ2) is 7.90. The fourth-order valence-electron chi connectivity index (χ4n) is 2.51. The summed E-state index contributed by atoms with van der Waals surface area (Å²) in [5.41, 5.74) is 1.79. The number of halogens is 1. The lowest BCUT2D eigenvalue weighted by Crippen LogP contribution is -2.05. The molecule has 0 atom stereocenters. The Kier molecular flexibility index (Phi) is 5.40. The summed E-state index contributed by atoms with van der Waals surface area (Å²) in [6, 6.07) is 15.4. The topological polar surface area (TPSA) is 100 Å². The predicted molar refractivity (Wildman–Crippen MR) is 102 cm³/mol. The van der Waals surface area contributed by atoms with Gasteiger partial charge in [0.05, 0.1) is 22.2 Å². The summed E-state index contributed by atoms with van der Waals surface area (Å²) in [7, 11) is 0. The van der Waals surface area contributed by atoms with Crippen molar-refractivity contribution in [2.45, 2.75) is 0 Å². The molecule has 0 unspecified atom stereocenters. The van der Waals surface area contributed by atoms with E-state index in [1.165, 1.54) is 18.2 Å². The third-order valence-electron chi connectivity index (χ3n) is 3.74. The number of anilines is 1. The molecule has 3 aromatic rings. The van der Waals surface area contributed by atoms with E-state index in [0.29, 0.717) is 17.9 Å². The van der Waals surface area contributed by atoms with E-state index in [0.717, 1.165) is 16.5 Å². The van der Waals surface area contributed by atoms with E-state index in [9.17, 15) is 10.1 Å². The normalized spacial score (nSPS) is 11.2. The maximum absolute atomic E-state index is 10.8. The average Bonchev–Trinajstić information content (AvgIpc) is 2.65. The van der Waals surface area contributed by atoms with Gasteiger partial charge < -0.3 is 10.4 Å². The third-order valence-corrected chi connectivity index (χ3v) is 4.04. The Morgan fingerprint density at radius 3 is 2.42 bits per heavy atom. The number of hydrogen-bond donors (Lipinski definition) is 2. The maximum Gasteiger partial charge on any atom is 0.271 e. The van der Waals surface area contributed by atoms with Gasteiger partial charge in [0.25, 0.3) is 5.69 Å². The van der Waals surface area contributed by atoms with E-state index >= 15 is 0 Å². The molecular weight excluding hydrogens is 356 g/mol. The molecule has 26 heavy (non-hydrogen) atoms. The van der Waals surface area contributed by atoms with Gasteiger partial charge >= 0.3 is 0 Å². The van der Waals surface area contributed by atoms with Crippen LogP contribution in [0.4, 0.5) is 22.7 Å². The van der Waals surface area contributed by atoms with Crippen LogP contribution in [0.25, 0.3) is 10.8 Å². The lowest BCUT2D eigenvalue weighted by Gasteiger charge is -2.10. The van der Waals surface area contributed by atoms with Crippen LogP contribution in [0, 0.1) is 10.1 Å². The number of benzene rings is 3. The number of rotatable bonds is 6. The number of azo groups is 1. The molecule has 0 heterocycles. The first-order chi connectivity index (χ1) is 12.6. The fraction of sp³-hybridized carbons (Fsp3) is 0.111. The van der Waals surface area contributed by atoms with Crippen LogP contribution in [0.3, 0.4) is 0 Å². The number of nitro groups is 1. The van der Waals surface area contributed by atoms with Crippen molar-refractivity contribution < 1.29 is 10.0 Å². The Hall–Kier alpha value is -3.03. The molecule has 0 fully saturated rings. The van der Waals surface area contributed by atoms with Crippen molar-refractivity contribution in [3.05, 3.63) is 69.7 Å². The summed E-state index contributed by atoms with van der Waals surface area (Å²) in [6.07, 6.45) is 0. The molecule has 0 radical (unpaired) electrons. The largest absolute Gasteiger partial charge is 0.395 e. The molecule has 0 amide bonds. The van der Waals surface area contributed by atoms with Crippen LogP contribution in [0.5, 0.6) is 0 Å². The van der Waals surface area contributed by atoms with Gasteiger partial charge in [-0.25, -0.2) is 0 Å². The second-order valence-electron chi connectivity index (χ2n) is 5.42. The molecule has 0 saturated heterocycles. The number of aliphatic hydroxyl groups excluding tert-OH is 1. The smallest absolute Gasteiger partial charge is 0.271 e. The van der Waals surface area contributed by atoms with E-state index < -0.39 is 4.92 Å². The highest BCUT2D eigenvalue weighted by molar-refractivity contribution is 6.33. The van der Waals surface area contributed by atoms with Gasteiger partial charge in [0.15, 0.2) is 0 Å². The number of aliphatic hydroxyl groups is 1. The minimum atomic E-state index is -0.515. The highest BCUT2D eigenvalue weighted by atomic mass is 35.5. The lowest BCUT2D eigenvalue weighted by atomic mass is 10.1. The zero-order chi connectivity index (χ0) is 18.5. The van der Waals surface area contributed by atoms with Gasteiger partial charge in [0, 0.05) is 35.1 Å². The number of hydrogen-bond acceptors (Lipinski definition) is 6. The van der Waals surface area contributed by atoms with Crippen LogP contribution in [-0.4, -0.2) is 23.2 Å². The number of nitrogens with one attached hydrogen (secondary N) is 1. The van der Waals surface area contributed by atoms with E-state index in [2.05, 4.69) is 15.5 Å². The van der Waals surface area contributed by atoms with E-state index in [4.69, 9.17) is 16.7 Å². The first-order valence-electron chi connectivity index (χ1n) is 7.82. The molecule has 7 nitrogen and oxygen atoms in total. The lowest BCUT2D eigenvalue weighted by molar-refractivity contribution is -0.384. The number of fused-ring (bicyclic) bond motifs is 1. The molecule has 0 spiro atoms. The van der Waals surface area contributed by atoms with Crippen molar-refractivity contribution in [3.8, 4) is 0 Å². The molecule has 0 saturated carbocycles. The Morgan fingerprint density at radius 2 is 1.73 bits per heavy atom. The highest BCUT2D eigenvalue weighted by Gasteiger charge is 2.10. The van der Waals surface area contributed by atoms with Gasteiger partial charge in [-0.3, -0.25) is 10.1 Å². The van der Waals surface area contributed by atoms with Crippen molar-refractivity contribution in [3.63, 3.8) is 0 Å². The Labute approximate surface area is 154 Å². The fourth-order valence-corrected chi connectivity index (χ4v) is 2.73. The van der Waals surface area contributed by atoms with Crippen molar-refractivity contribution in [1.29, 1.82) is 0 Å². The minimum absolute atomic E-state index is 0.0361. The van der Waals surface area contributed by atoms with E-state index in [1.807, 2.05) is 36.4 Å². The molecule has 132 valence electrons. The summed E-state index contributed by atoms with van der Waals surface area (Å²) in [4.78, 5) is 10.3. The Balaban J connectivity index is 1.96. The first kappa shape index (κ1) is 17.8. The first-order valence-corrected chi connectivity index (χ1v) is 8.20. The molecule has 2 N–H and O–H groups in total. The zero-order valence-corrected chi connectivity index (χ0v) is 14.3. The van der Waals surface area contributed by atoms with Crippen molar-refractivity contribution in [2.24, 2.45) is 10.2 Å². The number of nitrogens with zero attached hydrogens (tertiary/aromatic N) is 3. The molecule has 3 rings (SSSR count). The summed E-state index contributed by atoms with van der Waals surface area (Å²) >= 11 is 6.05. The van der Waals surface area contributed by atoms with Gasteiger partial charge in [0.1, 0.15) is 5.69 Å². The predicted octanol–water partition coefficient (Wildman–Crippen LogP) is 5.22. The zero-order valence-electron chi connectivity index (χ0n) is 13.6. The Morgan fingerprint density at radius 1 is 1.04 bits per heavy atom. The van der Waals surface area contributed by atoms with E-state index in [1.54, 1.807) is 0 Å². The summed E-state index contributed by atoms with van der Waals surface area (Å²) < 4.78 is 0. The van der Waals surface area contributed by atoms with Crippen molar-refractivity contribution in [1.82, 2.24) is 0 Å². The van der Waals surface area contributed by atoms with Crippen molar-refractivity contribution in [2.75, 3.05) is 18.5 Å². The minimum Gasteiger partial charge on any atom is -0.395 e. The SMILES string of the molecule is O=[N+]([O-])c1ccc(N=Nc2ccc(NCCO)c3ccccc23)c(Cl)c1. The molecule has 8 heteroatoms. The summed E-state index contributed by atoms with van der Waals surface area (Å²) in [5, 5.41) is 33.3. The number of nitro benzene ring substituents is 1. The van der Waals surface area contributed by atoms with Gasteiger partial charge in [0.2, 0.25) is 0 Å². The van der Waals surface area contributed by atoms with Crippen LogP contribution in [-0.2, 0) is 0 Å². The van der Waals surface area contributed by atoms with Gasteiger partial charge in [-0.05, 0) is 18.2 Å². The molecule has 0 aliphatic heterocycles. The van der Waals surface area contributed by atoms with Gasteiger partial charge in [-0.1, -0.05) is 35.9 Å². The van der Waals surface area contributed by atoms with Gasteiger partial charge in [-0.2, -0.15) is 0 Å². The molecule has 0 aliphatic rings. The highest BCUT2D eigenvalue weighted by Crippen LogP contribution is 2.34. The third kappa shape index (κ3) is 3.79. The maximum atomic E-state index is 10.8. The molecular formula is C18H15ClN4O3.